The van der Waals surface area contributed by atoms with Crippen LogP contribution in [-0.2, 0) is 10.8 Å². The number of aromatic carboxylic acids is 1. The fourth-order valence-electron chi connectivity index (χ4n) is 4.57. The highest BCUT2D eigenvalue weighted by molar-refractivity contribution is 6.06. The lowest BCUT2D eigenvalue weighted by molar-refractivity contribution is 0.0697. The van der Waals surface area contributed by atoms with Crippen LogP contribution in [0.25, 0.3) is 33.0 Å². The second kappa shape index (κ2) is 9.34. The Hall–Kier alpha value is -3.39. The lowest BCUT2D eigenvalue weighted by Crippen LogP contribution is -2.17. The van der Waals surface area contributed by atoms with Crippen molar-refractivity contribution in [2.75, 3.05) is 0 Å². The summed E-state index contributed by atoms with van der Waals surface area (Å²) < 4.78 is 0. The average Bonchev–Trinajstić information content (AvgIpc) is 2.87. The number of benzene rings is 4. The van der Waals surface area contributed by atoms with E-state index >= 15 is 0 Å². The summed E-state index contributed by atoms with van der Waals surface area (Å²) in [7, 11) is 0. The molecule has 0 spiro atoms. The van der Waals surface area contributed by atoms with Gasteiger partial charge in [-0.2, -0.15) is 0 Å². The zero-order valence-corrected chi connectivity index (χ0v) is 21.8. The van der Waals surface area contributed by atoms with E-state index in [0.29, 0.717) is 5.56 Å². The van der Waals surface area contributed by atoms with Gasteiger partial charge in [0.25, 0.3) is 0 Å². The third-order valence-electron chi connectivity index (χ3n) is 7.91. The van der Waals surface area contributed by atoms with Crippen molar-refractivity contribution in [2.24, 2.45) is 0 Å². The molecule has 0 amide bonds. The minimum absolute atomic E-state index is 0.0112. The minimum Gasteiger partial charge on any atom is -0.478 e. The van der Waals surface area contributed by atoms with Gasteiger partial charge in [-0.3, -0.25) is 0 Å². The predicted octanol–water partition coefficient (Wildman–Crippen LogP) is 9.25. The molecule has 4 aromatic rings. The number of carbonyl (C=O) groups is 1. The summed E-state index contributed by atoms with van der Waals surface area (Å²) in [5, 5.41) is 12.0. The Morgan fingerprint density at radius 3 is 1.63 bits per heavy atom. The number of carboxylic acids is 1. The zero-order valence-electron chi connectivity index (χ0n) is 21.8. The summed E-state index contributed by atoms with van der Waals surface area (Å²) in [5.74, 6) is -0.904. The maximum absolute atomic E-state index is 11.8. The highest BCUT2D eigenvalue weighted by atomic mass is 16.4. The van der Waals surface area contributed by atoms with Gasteiger partial charge in [-0.15, -0.1) is 0 Å². The summed E-state index contributed by atoms with van der Waals surface area (Å²) in [4.78, 5) is 11.8. The van der Waals surface area contributed by atoms with Gasteiger partial charge < -0.3 is 5.11 Å². The molecule has 0 saturated carbocycles. The fraction of sp³-hybridized carbons (Fsp3) is 0.303. The van der Waals surface area contributed by atoms with Gasteiger partial charge in [-0.25, -0.2) is 4.79 Å². The molecule has 0 aliphatic carbocycles. The highest BCUT2D eigenvalue weighted by Crippen LogP contribution is 2.43. The van der Waals surface area contributed by atoms with Crippen LogP contribution in [0.1, 0.15) is 75.9 Å². The van der Waals surface area contributed by atoms with E-state index in [0.717, 1.165) is 24.0 Å². The normalized spacial score (nSPS) is 12.2. The molecule has 1 N–H and O–H groups in total. The van der Waals surface area contributed by atoms with Crippen LogP contribution < -0.4 is 0 Å². The summed E-state index contributed by atoms with van der Waals surface area (Å²) in [6.07, 6.45) is 2.03. The standard InChI is InChI=1S/C33H36O2/c1-7-32(3,4)25-18-27(22-13-10-9-11-14-22)29-20-26(33(5,6)8-2)19-28(30(29)21-25)23-15-12-16-24(17-23)31(34)35/h9-21H,7-8H2,1-6H3,(H,34,35). The summed E-state index contributed by atoms with van der Waals surface area (Å²) >= 11 is 0. The summed E-state index contributed by atoms with van der Waals surface area (Å²) in [6, 6.07) is 27.3. The highest BCUT2D eigenvalue weighted by Gasteiger charge is 2.25. The number of carboxylic acid groups (broad SMARTS) is 1. The van der Waals surface area contributed by atoms with Gasteiger partial charge in [0, 0.05) is 0 Å². The quantitative estimate of drug-likeness (QED) is 0.296. The first-order valence-corrected chi connectivity index (χ1v) is 12.6. The molecule has 0 radical (unpaired) electrons. The Balaban J connectivity index is 2.17. The van der Waals surface area contributed by atoms with Crippen molar-refractivity contribution >= 4 is 16.7 Å². The second-order valence-corrected chi connectivity index (χ2v) is 10.9. The van der Waals surface area contributed by atoms with E-state index in [1.165, 1.54) is 33.0 Å². The van der Waals surface area contributed by atoms with Crippen molar-refractivity contribution in [1.82, 2.24) is 0 Å². The molecule has 2 nitrogen and oxygen atoms in total. The lowest BCUT2D eigenvalue weighted by atomic mass is 9.76. The van der Waals surface area contributed by atoms with E-state index in [1.54, 1.807) is 12.1 Å². The lowest BCUT2D eigenvalue weighted by Gasteiger charge is -2.28. The molecule has 0 fully saturated rings. The predicted molar refractivity (Wildman–Crippen MR) is 148 cm³/mol. The molecule has 35 heavy (non-hydrogen) atoms. The average molecular weight is 465 g/mol. The SMILES string of the molecule is CCC(C)(C)c1cc(-c2cccc(C(=O)O)c2)c2cc(C(C)(C)CC)cc(-c3ccccc3)c2c1. The molecule has 0 atom stereocenters. The molecule has 0 heterocycles. The van der Waals surface area contributed by atoms with Crippen LogP contribution >= 0.6 is 0 Å². The molecule has 0 unspecified atom stereocenters. The first-order chi connectivity index (χ1) is 16.6. The Bertz CT molecular complexity index is 1380. The van der Waals surface area contributed by atoms with Crippen LogP contribution in [-0.4, -0.2) is 11.1 Å². The Labute approximate surface area is 209 Å². The largest absolute Gasteiger partial charge is 0.478 e. The molecule has 0 aromatic heterocycles. The van der Waals surface area contributed by atoms with Gasteiger partial charge in [-0.05, 0) is 104 Å². The third-order valence-corrected chi connectivity index (χ3v) is 7.91. The Morgan fingerprint density at radius 1 is 0.657 bits per heavy atom. The van der Waals surface area contributed by atoms with E-state index < -0.39 is 5.97 Å². The number of fused-ring (bicyclic) bond motifs is 1. The van der Waals surface area contributed by atoms with Gasteiger partial charge in [0.1, 0.15) is 0 Å². The van der Waals surface area contributed by atoms with E-state index in [-0.39, 0.29) is 10.8 Å². The smallest absolute Gasteiger partial charge is 0.335 e. The fourth-order valence-corrected chi connectivity index (χ4v) is 4.57. The van der Waals surface area contributed by atoms with Crippen molar-refractivity contribution in [2.45, 2.75) is 65.2 Å². The van der Waals surface area contributed by atoms with Crippen molar-refractivity contribution in [3.63, 3.8) is 0 Å². The van der Waals surface area contributed by atoms with Crippen molar-refractivity contribution in [1.29, 1.82) is 0 Å². The molecule has 0 aliphatic rings. The maximum atomic E-state index is 11.8. The van der Waals surface area contributed by atoms with Crippen LogP contribution in [0, 0.1) is 0 Å². The van der Waals surface area contributed by atoms with E-state index in [4.69, 9.17) is 0 Å². The molecule has 0 bridgehead atoms. The molecular formula is C33H36O2. The molecule has 2 heteroatoms. The van der Waals surface area contributed by atoms with Crippen LogP contribution in [0.3, 0.4) is 0 Å². The van der Waals surface area contributed by atoms with Gasteiger partial charge in [-0.1, -0.05) is 84.0 Å². The zero-order chi connectivity index (χ0) is 25.4. The van der Waals surface area contributed by atoms with Gasteiger partial charge in [0.2, 0.25) is 0 Å². The van der Waals surface area contributed by atoms with E-state index in [2.05, 4.69) is 96.1 Å². The molecule has 180 valence electrons. The van der Waals surface area contributed by atoms with Crippen LogP contribution in [0.4, 0.5) is 0 Å². The van der Waals surface area contributed by atoms with Crippen molar-refractivity contribution < 1.29 is 9.90 Å². The van der Waals surface area contributed by atoms with Gasteiger partial charge in [0.15, 0.2) is 0 Å². The van der Waals surface area contributed by atoms with E-state index in [9.17, 15) is 9.90 Å². The van der Waals surface area contributed by atoms with Crippen LogP contribution in [0.2, 0.25) is 0 Å². The molecule has 4 aromatic carbocycles. The summed E-state index contributed by atoms with van der Waals surface area (Å²) in [6.45, 7) is 13.6. The first kappa shape index (κ1) is 24.7. The maximum Gasteiger partial charge on any atom is 0.335 e. The Kier molecular flexibility index (Phi) is 6.60. The van der Waals surface area contributed by atoms with Crippen molar-refractivity contribution in [3.05, 3.63) is 95.6 Å². The molecule has 4 rings (SSSR count). The monoisotopic (exact) mass is 464 g/mol. The molecule has 0 aliphatic heterocycles. The van der Waals surface area contributed by atoms with Crippen LogP contribution in [0.15, 0.2) is 78.9 Å². The van der Waals surface area contributed by atoms with Gasteiger partial charge in [0.05, 0.1) is 5.56 Å². The van der Waals surface area contributed by atoms with Crippen molar-refractivity contribution in [3.8, 4) is 22.3 Å². The number of hydrogen-bond donors (Lipinski definition) is 1. The number of rotatable bonds is 7. The van der Waals surface area contributed by atoms with E-state index in [1.807, 2.05) is 12.1 Å². The third kappa shape index (κ3) is 4.75. The summed E-state index contributed by atoms with van der Waals surface area (Å²) in [5.41, 5.74) is 7.33. The second-order valence-electron chi connectivity index (χ2n) is 10.9. The Morgan fingerprint density at radius 2 is 1.14 bits per heavy atom. The minimum atomic E-state index is -0.904. The molecule has 0 saturated heterocycles. The first-order valence-electron chi connectivity index (χ1n) is 12.6. The van der Waals surface area contributed by atoms with Crippen LogP contribution in [0.5, 0.6) is 0 Å². The number of hydrogen-bond acceptors (Lipinski definition) is 1. The topological polar surface area (TPSA) is 37.3 Å². The van der Waals surface area contributed by atoms with Gasteiger partial charge >= 0.3 is 5.97 Å². The molecular weight excluding hydrogens is 428 g/mol.